The predicted molar refractivity (Wildman–Crippen MR) is 110 cm³/mol. The molecule has 150 valence electrons. The van der Waals surface area contributed by atoms with Gasteiger partial charge in [-0.25, -0.2) is 9.78 Å². The molecule has 2 heterocycles. The van der Waals surface area contributed by atoms with Gasteiger partial charge in [-0.05, 0) is 48.7 Å². The molecule has 0 aliphatic carbocycles. The molecule has 1 aromatic heterocycles. The highest BCUT2D eigenvalue weighted by Crippen LogP contribution is 2.33. The van der Waals surface area contributed by atoms with Gasteiger partial charge in [-0.3, -0.25) is 0 Å². The van der Waals surface area contributed by atoms with Gasteiger partial charge in [0.2, 0.25) is 5.88 Å². The Kier molecular flexibility index (Phi) is 6.36. The summed E-state index contributed by atoms with van der Waals surface area (Å²) in [4.78, 5) is 19.5. The molecular formula is C21H28N4O3. The van der Waals surface area contributed by atoms with Gasteiger partial charge in [0.15, 0.2) is 0 Å². The van der Waals surface area contributed by atoms with E-state index in [1.807, 2.05) is 19.1 Å². The number of piperazine rings is 1. The van der Waals surface area contributed by atoms with E-state index in [9.17, 15) is 9.90 Å². The van der Waals surface area contributed by atoms with E-state index in [0.717, 1.165) is 28.8 Å². The summed E-state index contributed by atoms with van der Waals surface area (Å²) < 4.78 is 5.67. The van der Waals surface area contributed by atoms with Crippen molar-refractivity contribution in [3.05, 3.63) is 42.1 Å². The Morgan fingerprint density at radius 3 is 2.82 bits per heavy atom. The standard InChI is InChI=1S/C21H28N4O3/c1-3-17-14-24(21(26)27)10-11-25(17)19-8-7-15(12-16(19)13-22)18-6-5-9-23-20(18)28-4-2/h5-9,12,17H,3-4,10-11,13-14,22H2,1-2H3,(H,26,27)/t17-/m1/s1. The van der Waals surface area contributed by atoms with Crippen LogP contribution in [0.15, 0.2) is 36.5 Å². The molecule has 7 nitrogen and oxygen atoms in total. The van der Waals surface area contributed by atoms with Crippen molar-refractivity contribution in [3.63, 3.8) is 0 Å². The van der Waals surface area contributed by atoms with Gasteiger partial charge in [0.25, 0.3) is 0 Å². The number of amides is 1. The van der Waals surface area contributed by atoms with Gasteiger partial charge in [0.05, 0.1) is 6.61 Å². The molecule has 0 unspecified atom stereocenters. The Labute approximate surface area is 165 Å². The lowest BCUT2D eigenvalue weighted by atomic mass is 10.00. The molecule has 3 N–H and O–H groups in total. The summed E-state index contributed by atoms with van der Waals surface area (Å²) in [5.41, 5.74) is 10.1. The first-order valence-corrected chi connectivity index (χ1v) is 9.74. The number of aromatic nitrogens is 1. The number of ether oxygens (including phenoxy) is 1. The molecule has 7 heteroatoms. The van der Waals surface area contributed by atoms with Crippen LogP contribution in [-0.4, -0.2) is 53.4 Å². The highest BCUT2D eigenvalue weighted by Gasteiger charge is 2.29. The van der Waals surface area contributed by atoms with E-state index in [1.54, 1.807) is 6.20 Å². The third kappa shape index (κ3) is 4.04. The average Bonchev–Trinajstić information content (AvgIpc) is 2.73. The van der Waals surface area contributed by atoms with Crippen molar-refractivity contribution in [1.82, 2.24) is 9.88 Å². The molecule has 3 rings (SSSR count). The Bertz CT molecular complexity index is 827. The highest BCUT2D eigenvalue weighted by atomic mass is 16.5. The average molecular weight is 384 g/mol. The van der Waals surface area contributed by atoms with E-state index in [2.05, 4.69) is 35.0 Å². The first-order valence-electron chi connectivity index (χ1n) is 9.74. The van der Waals surface area contributed by atoms with E-state index in [-0.39, 0.29) is 6.04 Å². The van der Waals surface area contributed by atoms with Crippen LogP contribution in [-0.2, 0) is 6.54 Å². The first-order chi connectivity index (χ1) is 13.6. The van der Waals surface area contributed by atoms with E-state index in [0.29, 0.717) is 38.7 Å². The quantitative estimate of drug-likeness (QED) is 0.795. The maximum atomic E-state index is 11.3. The molecule has 1 atom stereocenters. The van der Waals surface area contributed by atoms with Gasteiger partial charge in [0, 0.05) is 49.7 Å². The van der Waals surface area contributed by atoms with Crippen LogP contribution in [0.1, 0.15) is 25.8 Å². The van der Waals surface area contributed by atoms with Gasteiger partial charge in [-0.1, -0.05) is 13.0 Å². The van der Waals surface area contributed by atoms with Crippen LogP contribution in [0, 0.1) is 0 Å². The molecule has 1 aromatic carbocycles. The zero-order valence-electron chi connectivity index (χ0n) is 16.5. The fourth-order valence-electron chi connectivity index (χ4n) is 3.75. The second-order valence-electron chi connectivity index (χ2n) is 6.82. The third-order valence-electron chi connectivity index (χ3n) is 5.20. The van der Waals surface area contributed by atoms with E-state index in [4.69, 9.17) is 10.5 Å². The minimum atomic E-state index is -0.854. The van der Waals surface area contributed by atoms with Gasteiger partial charge < -0.3 is 25.4 Å². The largest absolute Gasteiger partial charge is 0.478 e. The van der Waals surface area contributed by atoms with E-state index in [1.165, 1.54) is 4.90 Å². The Morgan fingerprint density at radius 1 is 1.32 bits per heavy atom. The molecule has 0 bridgehead atoms. The summed E-state index contributed by atoms with van der Waals surface area (Å²) in [6.07, 6.45) is 1.74. The second-order valence-corrected chi connectivity index (χ2v) is 6.82. The molecule has 1 amide bonds. The molecule has 0 radical (unpaired) electrons. The fraction of sp³-hybridized carbons (Fsp3) is 0.429. The number of rotatable bonds is 6. The fourth-order valence-corrected chi connectivity index (χ4v) is 3.75. The highest BCUT2D eigenvalue weighted by molar-refractivity contribution is 5.73. The Balaban J connectivity index is 1.93. The molecule has 0 spiro atoms. The maximum absolute atomic E-state index is 11.3. The molecule has 1 aliphatic heterocycles. The lowest BCUT2D eigenvalue weighted by Gasteiger charge is -2.42. The number of anilines is 1. The molecule has 2 aromatic rings. The van der Waals surface area contributed by atoms with Crippen molar-refractivity contribution in [2.24, 2.45) is 5.73 Å². The van der Waals surface area contributed by atoms with Crippen molar-refractivity contribution in [3.8, 4) is 17.0 Å². The monoisotopic (exact) mass is 384 g/mol. The van der Waals surface area contributed by atoms with Crippen LogP contribution >= 0.6 is 0 Å². The molecule has 0 saturated carbocycles. The number of carboxylic acid groups (broad SMARTS) is 1. The summed E-state index contributed by atoms with van der Waals surface area (Å²) in [5, 5.41) is 9.31. The predicted octanol–water partition coefficient (Wildman–Crippen LogP) is 3.18. The SMILES string of the molecule is CCOc1ncccc1-c1ccc(N2CCN(C(=O)O)C[C@H]2CC)c(CN)c1. The van der Waals surface area contributed by atoms with E-state index < -0.39 is 6.09 Å². The van der Waals surface area contributed by atoms with Crippen molar-refractivity contribution >= 4 is 11.8 Å². The van der Waals surface area contributed by atoms with Crippen LogP contribution in [0.4, 0.5) is 10.5 Å². The number of nitrogens with zero attached hydrogens (tertiary/aromatic N) is 3. The number of carbonyl (C=O) groups is 1. The summed E-state index contributed by atoms with van der Waals surface area (Å²) in [7, 11) is 0. The Morgan fingerprint density at radius 2 is 2.14 bits per heavy atom. The van der Waals surface area contributed by atoms with Crippen molar-refractivity contribution in [2.45, 2.75) is 32.9 Å². The van der Waals surface area contributed by atoms with Crippen molar-refractivity contribution in [2.75, 3.05) is 31.1 Å². The second kappa shape index (κ2) is 8.93. The number of pyridine rings is 1. The molecule has 1 fully saturated rings. The number of nitrogens with two attached hydrogens (primary N) is 1. The van der Waals surface area contributed by atoms with Crippen LogP contribution < -0.4 is 15.4 Å². The topological polar surface area (TPSA) is 91.9 Å². The zero-order chi connectivity index (χ0) is 20.1. The maximum Gasteiger partial charge on any atom is 0.407 e. The minimum Gasteiger partial charge on any atom is -0.478 e. The van der Waals surface area contributed by atoms with Gasteiger partial charge >= 0.3 is 6.09 Å². The zero-order valence-corrected chi connectivity index (χ0v) is 16.5. The summed E-state index contributed by atoms with van der Waals surface area (Å²) >= 11 is 0. The first kappa shape index (κ1) is 19.9. The van der Waals surface area contributed by atoms with Crippen LogP contribution in [0.25, 0.3) is 11.1 Å². The minimum absolute atomic E-state index is 0.137. The van der Waals surface area contributed by atoms with Gasteiger partial charge in [-0.2, -0.15) is 0 Å². The van der Waals surface area contributed by atoms with Crippen LogP contribution in [0.2, 0.25) is 0 Å². The molecule has 1 aliphatic rings. The van der Waals surface area contributed by atoms with Crippen LogP contribution in [0.5, 0.6) is 5.88 Å². The van der Waals surface area contributed by atoms with Crippen molar-refractivity contribution in [1.29, 1.82) is 0 Å². The Hall–Kier alpha value is -2.80. The summed E-state index contributed by atoms with van der Waals surface area (Å²) in [6.45, 7) is 6.65. The lowest BCUT2D eigenvalue weighted by molar-refractivity contribution is 0.134. The summed E-state index contributed by atoms with van der Waals surface area (Å²) in [6, 6.07) is 10.3. The van der Waals surface area contributed by atoms with Gasteiger partial charge in [-0.15, -0.1) is 0 Å². The number of hydrogen-bond acceptors (Lipinski definition) is 5. The molecule has 28 heavy (non-hydrogen) atoms. The number of hydrogen-bond donors (Lipinski definition) is 2. The molecular weight excluding hydrogens is 356 g/mol. The molecule has 1 saturated heterocycles. The van der Waals surface area contributed by atoms with E-state index >= 15 is 0 Å². The lowest BCUT2D eigenvalue weighted by Crippen LogP contribution is -2.54. The third-order valence-corrected chi connectivity index (χ3v) is 5.20. The number of benzene rings is 1. The normalized spacial score (nSPS) is 16.9. The van der Waals surface area contributed by atoms with Crippen LogP contribution in [0.3, 0.4) is 0 Å². The van der Waals surface area contributed by atoms with Gasteiger partial charge in [0.1, 0.15) is 0 Å². The van der Waals surface area contributed by atoms with Crippen molar-refractivity contribution < 1.29 is 14.6 Å². The smallest absolute Gasteiger partial charge is 0.407 e. The summed E-state index contributed by atoms with van der Waals surface area (Å²) in [5.74, 6) is 0.613.